The summed E-state index contributed by atoms with van der Waals surface area (Å²) in [5, 5.41) is 6.25. The number of esters is 1. The van der Waals surface area contributed by atoms with Crippen LogP contribution < -0.4 is 5.32 Å². The van der Waals surface area contributed by atoms with E-state index in [9.17, 15) is 9.59 Å². The van der Waals surface area contributed by atoms with E-state index in [0.29, 0.717) is 11.6 Å². The van der Waals surface area contributed by atoms with Crippen molar-refractivity contribution in [3.63, 3.8) is 0 Å². The second-order valence-corrected chi connectivity index (χ2v) is 5.19. The molecule has 1 aliphatic rings. The van der Waals surface area contributed by atoms with E-state index in [1.54, 1.807) is 13.0 Å². The smallest absolute Gasteiger partial charge is 0.308 e. The minimum atomic E-state index is -0.277. The number of hydrogen-bond acceptors (Lipinski definition) is 6. The number of hydrogen-bond donors (Lipinski definition) is 1. The Labute approximate surface area is 123 Å². The summed E-state index contributed by atoms with van der Waals surface area (Å²) in [6, 6.07) is 1.64. The topological polar surface area (TPSA) is 90.7 Å². The Bertz CT molecular complexity index is 491. The molecule has 116 valence electrons. The molecule has 1 fully saturated rings. The van der Waals surface area contributed by atoms with Crippen LogP contribution in [0, 0.1) is 12.8 Å². The van der Waals surface area contributed by atoms with E-state index < -0.39 is 0 Å². The fourth-order valence-corrected chi connectivity index (χ4v) is 2.42. The molecular formula is C14H20N2O5. The van der Waals surface area contributed by atoms with Crippen molar-refractivity contribution in [2.75, 3.05) is 19.0 Å². The normalized spacial score (nSPS) is 21.8. The Morgan fingerprint density at radius 2 is 2.10 bits per heavy atom. The molecule has 1 N–H and O–H groups in total. The number of ether oxygens (including phenoxy) is 2. The molecule has 1 saturated carbocycles. The molecule has 0 saturated heterocycles. The molecule has 0 bridgehead atoms. The van der Waals surface area contributed by atoms with E-state index >= 15 is 0 Å². The zero-order valence-electron chi connectivity index (χ0n) is 12.3. The summed E-state index contributed by atoms with van der Waals surface area (Å²) in [6.07, 6.45) is 3.00. The van der Waals surface area contributed by atoms with E-state index in [1.807, 2.05) is 0 Å². The van der Waals surface area contributed by atoms with Crippen molar-refractivity contribution in [2.24, 2.45) is 5.92 Å². The first-order valence-electron chi connectivity index (χ1n) is 7.01. The Kier molecular flexibility index (Phi) is 5.32. The van der Waals surface area contributed by atoms with Crippen molar-refractivity contribution in [3.8, 4) is 0 Å². The summed E-state index contributed by atoms with van der Waals surface area (Å²) >= 11 is 0. The lowest BCUT2D eigenvalue weighted by atomic mass is 9.87. The highest BCUT2D eigenvalue weighted by molar-refractivity contribution is 5.90. The van der Waals surface area contributed by atoms with Gasteiger partial charge in [-0.05, 0) is 32.6 Å². The maximum absolute atomic E-state index is 11.7. The first-order valence-corrected chi connectivity index (χ1v) is 7.01. The van der Waals surface area contributed by atoms with Gasteiger partial charge in [-0.2, -0.15) is 0 Å². The molecule has 21 heavy (non-hydrogen) atoms. The number of amides is 1. The zero-order chi connectivity index (χ0) is 15.2. The maximum Gasteiger partial charge on any atom is 0.308 e. The molecule has 1 aliphatic carbocycles. The Morgan fingerprint density at radius 1 is 1.38 bits per heavy atom. The van der Waals surface area contributed by atoms with Gasteiger partial charge >= 0.3 is 5.97 Å². The number of nitrogens with one attached hydrogen (secondary N) is 1. The summed E-state index contributed by atoms with van der Waals surface area (Å²) in [5.74, 6) is -0.163. The van der Waals surface area contributed by atoms with Gasteiger partial charge in [0.05, 0.1) is 24.8 Å². The molecule has 1 aromatic rings. The second kappa shape index (κ2) is 7.21. The van der Waals surface area contributed by atoms with Crippen LogP contribution in [-0.2, 0) is 19.1 Å². The number of rotatable bonds is 5. The van der Waals surface area contributed by atoms with E-state index in [4.69, 9.17) is 14.0 Å². The summed E-state index contributed by atoms with van der Waals surface area (Å²) in [5.41, 5.74) is 0.701. The minimum Gasteiger partial charge on any atom is -0.469 e. The number of methoxy groups -OCH3 is 1. The molecule has 0 atom stereocenters. The van der Waals surface area contributed by atoms with Crippen molar-refractivity contribution in [1.82, 2.24) is 5.16 Å². The van der Waals surface area contributed by atoms with E-state index in [-0.39, 0.29) is 30.5 Å². The minimum absolute atomic E-state index is 0.00752. The zero-order valence-corrected chi connectivity index (χ0v) is 12.3. The fraction of sp³-hybridized carbons (Fsp3) is 0.643. The van der Waals surface area contributed by atoms with E-state index in [2.05, 4.69) is 10.5 Å². The van der Waals surface area contributed by atoms with Gasteiger partial charge in [-0.25, -0.2) is 0 Å². The van der Waals surface area contributed by atoms with Gasteiger partial charge in [0.1, 0.15) is 6.61 Å². The summed E-state index contributed by atoms with van der Waals surface area (Å²) in [4.78, 5) is 23.1. The molecule has 7 nitrogen and oxygen atoms in total. The number of carbonyl (C=O) groups is 2. The van der Waals surface area contributed by atoms with Crippen LogP contribution in [0.25, 0.3) is 0 Å². The SMILES string of the molecule is COC(=O)C1CCC(OCC(=O)Nc2cc(C)no2)CC1. The van der Waals surface area contributed by atoms with Crippen LogP contribution in [0.1, 0.15) is 31.4 Å². The Balaban J connectivity index is 1.67. The molecule has 0 radical (unpaired) electrons. The maximum atomic E-state index is 11.7. The highest BCUT2D eigenvalue weighted by Gasteiger charge is 2.27. The molecule has 0 unspecified atom stereocenters. The van der Waals surface area contributed by atoms with Gasteiger partial charge in [0.15, 0.2) is 0 Å². The molecule has 0 spiro atoms. The summed E-state index contributed by atoms with van der Waals surface area (Å²) in [7, 11) is 1.40. The van der Waals surface area contributed by atoms with E-state index in [0.717, 1.165) is 25.7 Å². The van der Waals surface area contributed by atoms with E-state index in [1.165, 1.54) is 7.11 Å². The average Bonchev–Trinajstić information content (AvgIpc) is 2.90. The van der Waals surface area contributed by atoms with Gasteiger partial charge in [-0.3, -0.25) is 14.9 Å². The summed E-state index contributed by atoms with van der Waals surface area (Å²) in [6.45, 7) is 1.74. The summed E-state index contributed by atoms with van der Waals surface area (Å²) < 4.78 is 15.2. The fourth-order valence-electron chi connectivity index (χ4n) is 2.42. The van der Waals surface area contributed by atoms with Gasteiger partial charge in [0, 0.05) is 6.07 Å². The molecule has 1 heterocycles. The average molecular weight is 296 g/mol. The molecule has 2 rings (SSSR count). The Morgan fingerprint density at radius 3 is 2.67 bits per heavy atom. The highest BCUT2D eigenvalue weighted by atomic mass is 16.5. The van der Waals surface area contributed by atoms with Gasteiger partial charge < -0.3 is 14.0 Å². The number of anilines is 1. The first kappa shape index (κ1) is 15.5. The number of aryl methyl sites for hydroxylation is 1. The first-order chi connectivity index (χ1) is 10.1. The van der Waals surface area contributed by atoms with Gasteiger partial charge in [-0.15, -0.1) is 0 Å². The number of carbonyl (C=O) groups excluding carboxylic acids is 2. The van der Waals surface area contributed by atoms with Gasteiger partial charge in [-0.1, -0.05) is 5.16 Å². The number of aromatic nitrogens is 1. The molecular weight excluding hydrogens is 276 g/mol. The standard InChI is InChI=1S/C14H20N2O5/c1-9-7-13(21-16-9)15-12(17)8-20-11-5-3-10(4-6-11)14(18)19-2/h7,10-11H,3-6,8H2,1-2H3,(H,15,17). The van der Waals surface area contributed by atoms with Crippen molar-refractivity contribution in [3.05, 3.63) is 11.8 Å². The van der Waals surface area contributed by atoms with Crippen LogP contribution in [0.15, 0.2) is 10.6 Å². The highest BCUT2D eigenvalue weighted by Crippen LogP contribution is 2.27. The Hall–Kier alpha value is -1.89. The second-order valence-electron chi connectivity index (χ2n) is 5.19. The molecule has 7 heteroatoms. The van der Waals surface area contributed by atoms with Crippen LogP contribution in [0.5, 0.6) is 0 Å². The van der Waals surface area contributed by atoms with Crippen molar-refractivity contribution >= 4 is 17.8 Å². The van der Waals surface area contributed by atoms with Gasteiger partial charge in [0.2, 0.25) is 5.88 Å². The largest absolute Gasteiger partial charge is 0.469 e. The quantitative estimate of drug-likeness (QED) is 0.831. The third-order valence-corrected chi connectivity index (χ3v) is 3.55. The van der Waals surface area contributed by atoms with Crippen LogP contribution >= 0.6 is 0 Å². The lowest BCUT2D eigenvalue weighted by Gasteiger charge is -2.26. The van der Waals surface area contributed by atoms with Crippen LogP contribution in [0.2, 0.25) is 0 Å². The van der Waals surface area contributed by atoms with Crippen molar-refractivity contribution < 1.29 is 23.6 Å². The molecule has 1 amide bonds. The van der Waals surface area contributed by atoms with Gasteiger partial charge in [0.25, 0.3) is 5.91 Å². The van der Waals surface area contributed by atoms with Crippen molar-refractivity contribution in [1.29, 1.82) is 0 Å². The lowest BCUT2D eigenvalue weighted by molar-refractivity contribution is -0.148. The number of nitrogens with zero attached hydrogens (tertiary/aromatic N) is 1. The lowest BCUT2D eigenvalue weighted by Crippen LogP contribution is -2.29. The molecule has 1 aromatic heterocycles. The van der Waals surface area contributed by atoms with Crippen LogP contribution in [0.4, 0.5) is 5.88 Å². The van der Waals surface area contributed by atoms with Crippen LogP contribution in [-0.4, -0.2) is 36.9 Å². The predicted molar refractivity (Wildman–Crippen MR) is 73.6 cm³/mol. The monoisotopic (exact) mass is 296 g/mol. The van der Waals surface area contributed by atoms with Crippen molar-refractivity contribution in [2.45, 2.75) is 38.7 Å². The third kappa shape index (κ3) is 4.56. The predicted octanol–water partition coefficient (Wildman–Crippen LogP) is 1.67. The molecule has 0 aromatic carbocycles. The third-order valence-electron chi connectivity index (χ3n) is 3.55. The molecule has 0 aliphatic heterocycles. The van der Waals surface area contributed by atoms with Crippen LogP contribution in [0.3, 0.4) is 0 Å².